The van der Waals surface area contributed by atoms with Gasteiger partial charge in [-0.2, -0.15) is 4.57 Å². The maximum atomic E-state index is 2.39. The summed E-state index contributed by atoms with van der Waals surface area (Å²) in [6.07, 6.45) is 6.72. The second-order valence-corrected chi connectivity index (χ2v) is 7.09. The van der Waals surface area contributed by atoms with Crippen LogP contribution < -0.4 is 33.4 Å². The van der Waals surface area contributed by atoms with E-state index < -0.39 is 0 Å². The lowest BCUT2D eigenvalue weighted by molar-refractivity contribution is -0.646. The molecule has 4 rings (SSSR count). The molecule has 2 aromatic carbocycles. The fourth-order valence-electron chi connectivity index (χ4n) is 3.75. The fraction of sp³-hybridized carbons (Fsp3) is 0.208. The summed E-state index contributed by atoms with van der Waals surface area (Å²) >= 11 is 0. The summed E-state index contributed by atoms with van der Waals surface area (Å²) < 4.78 is 2.27. The number of hydrogen-bond acceptors (Lipinski definition) is 1. The highest BCUT2D eigenvalue weighted by Gasteiger charge is 2.18. The first-order valence-corrected chi connectivity index (χ1v) is 9.24. The van der Waals surface area contributed by atoms with Crippen molar-refractivity contribution in [2.45, 2.75) is 20.8 Å². The van der Waals surface area contributed by atoms with E-state index in [2.05, 4.69) is 104 Å². The molecule has 0 N–H and O–H groups in total. The van der Waals surface area contributed by atoms with Crippen LogP contribution in [0.25, 0.3) is 23.1 Å². The van der Waals surface area contributed by atoms with Crippen LogP contribution in [0.3, 0.4) is 0 Å². The molecule has 0 unspecified atom stereocenters. The van der Waals surface area contributed by atoms with Gasteiger partial charge in [0, 0.05) is 41.5 Å². The first-order chi connectivity index (χ1) is 12.6. The third-order valence-corrected chi connectivity index (χ3v) is 5.20. The minimum absolute atomic E-state index is 0. The highest BCUT2D eigenvalue weighted by molar-refractivity contribution is 5.81. The molecule has 0 aliphatic carbocycles. The third kappa shape index (κ3) is 3.65. The molecule has 1 aliphatic rings. The van der Waals surface area contributed by atoms with E-state index in [1.54, 1.807) is 0 Å². The molecular weight excluding hydrogens is 443 g/mol. The van der Waals surface area contributed by atoms with E-state index in [0.717, 1.165) is 6.54 Å². The number of benzene rings is 2. The van der Waals surface area contributed by atoms with Gasteiger partial charge in [0.2, 0.25) is 11.2 Å². The van der Waals surface area contributed by atoms with Crippen LogP contribution in [0.4, 0.5) is 5.69 Å². The Morgan fingerprint density at radius 3 is 2.44 bits per heavy atom. The number of aryl methyl sites for hydroxylation is 3. The summed E-state index contributed by atoms with van der Waals surface area (Å²) in [7, 11) is 2.14. The number of pyridine rings is 1. The molecule has 3 heteroatoms. The Hall–Kier alpha value is -2.14. The summed E-state index contributed by atoms with van der Waals surface area (Å²) in [6.45, 7) is 7.45. The van der Waals surface area contributed by atoms with Gasteiger partial charge in [0.1, 0.15) is 7.05 Å². The Morgan fingerprint density at radius 1 is 0.926 bits per heavy atom. The minimum Gasteiger partial charge on any atom is -1.00 e. The standard InChI is InChI=1S/C24H25N2.HI/c1-5-26-22(12-9-19-8-6-18(3)15-24(19)26)16-21-11-10-20-14-17(2)7-13-23(20)25(21)4;/h6-16H,5H2,1-4H3;1H/q+1;/p-1. The summed E-state index contributed by atoms with van der Waals surface area (Å²) in [6, 6.07) is 17.7. The Morgan fingerprint density at radius 2 is 1.67 bits per heavy atom. The summed E-state index contributed by atoms with van der Waals surface area (Å²) in [5.74, 6) is 0. The largest absolute Gasteiger partial charge is 1.00 e. The van der Waals surface area contributed by atoms with Crippen molar-refractivity contribution in [1.82, 2.24) is 0 Å². The highest BCUT2D eigenvalue weighted by Crippen LogP contribution is 2.32. The van der Waals surface area contributed by atoms with E-state index in [0.29, 0.717) is 0 Å². The van der Waals surface area contributed by atoms with Gasteiger partial charge in [0.05, 0.1) is 0 Å². The Kier molecular flexibility index (Phi) is 5.70. The van der Waals surface area contributed by atoms with E-state index in [9.17, 15) is 0 Å². The number of rotatable bonds is 2. The Labute approximate surface area is 178 Å². The van der Waals surface area contributed by atoms with Crippen molar-refractivity contribution in [1.29, 1.82) is 0 Å². The van der Waals surface area contributed by atoms with Gasteiger partial charge in [-0.15, -0.1) is 0 Å². The van der Waals surface area contributed by atoms with Gasteiger partial charge >= 0.3 is 0 Å². The van der Waals surface area contributed by atoms with Crippen LogP contribution in [0, 0.1) is 13.8 Å². The van der Waals surface area contributed by atoms with E-state index in [1.807, 2.05) is 0 Å². The van der Waals surface area contributed by atoms with Crippen molar-refractivity contribution in [3.8, 4) is 0 Å². The van der Waals surface area contributed by atoms with Gasteiger partial charge < -0.3 is 28.9 Å². The van der Waals surface area contributed by atoms with Crippen molar-refractivity contribution in [2.24, 2.45) is 7.05 Å². The van der Waals surface area contributed by atoms with Crippen LogP contribution in [-0.4, -0.2) is 6.54 Å². The zero-order valence-corrected chi connectivity index (χ0v) is 18.5. The molecular formula is C24H25IN2. The first-order valence-electron chi connectivity index (χ1n) is 9.24. The predicted octanol–water partition coefficient (Wildman–Crippen LogP) is 2.18. The number of halogens is 1. The maximum absolute atomic E-state index is 2.39. The zero-order valence-electron chi connectivity index (χ0n) is 16.3. The van der Waals surface area contributed by atoms with Crippen LogP contribution in [0.5, 0.6) is 0 Å². The lowest BCUT2D eigenvalue weighted by atomic mass is 10.0. The predicted molar refractivity (Wildman–Crippen MR) is 111 cm³/mol. The quantitative estimate of drug-likeness (QED) is 0.413. The number of anilines is 1. The van der Waals surface area contributed by atoms with Gasteiger partial charge in [0.15, 0.2) is 0 Å². The third-order valence-electron chi connectivity index (χ3n) is 5.20. The number of likely N-dealkylation sites (N-methyl/N-ethyl adjacent to an activating group) is 1. The number of aromatic nitrogens is 1. The molecule has 27 heavy (non-hydrogen) atoms. The van der Waals surface area contributed by atoms with E-state index in [4.69, 9.17) is 0 Å². The Balaban J connectivity index is 0.00000210. The van der Waals surface area contributed by atoms with Gasteiger partial charge in [-0.25, -0.2) is 0 Å². The van der Waals surface area contributed by atoms with Gasteiger partial charge in [-0.05, 0) is 56.2 Å². The van der Waals surface area contributed by atoms with Crippen molar-refractivity contribution in [3.05, 3.63) is 82.7 Å². The molecule has 138 valence electrons. The van der Waals surface area contributed by atoms with Gasteiger partial charge in [-0.3, -0.25) is 0 Å². The van der Waals surface area contributed by atoms with E-state index >= 15 is 0 Å². The molecule has 0 bridgehead atoms. The molecule has 1 aliphatic heterocycles. The van der Waals surface area contributed by atoms with Crippen LogP contribution >= 0.6 is 0 Å². The number of hydrogen-bond donors (Lipinski definition) is 0. The Bertz CT molecular complexity index is 1060. The molecule has 3 aromatic rings. The van der Waals surface area contributed by atoms with Crippen molar-refractivity contribution >= 4 is 28.7 Å². The summed E-state index contributed by atoms with van der Waals surface area (Å²) in [4.78, 5) is 2.39. The lowest BCUT2D eigenvalue weighted by Gasteiger charge is -2.29. The van der Waals surface area contributed by atoms with Crippen molar-refractivity contribution < 1.29 is 28.5 Å². The average Bonchev–Trinajstić information content (AvgIpc) is 2.63. The second-order valence-electron chi connectivity index (χ2n) is 7.09. The molecule has 0 atom stereocenters. The lowest BCUT2D eigenvalue weighted by Crippen LogP contribution is -3.00. The van der Waals surface area contributed by atoms with Crippen molar-refractivity contribution in [3.63, 3.8) is 0 Å². The van der Waals surface area contributed by atoms with Crippen LogP contribution in [-0.2, 0) is 7.05 Å². The highest BCUT2D eigenvalue weighted by atomic mass is 127. The molecule has 0 amide bonds. The average molecular weight is 468 g/mol. The fourth-order valence-corrected chi connectivity index (χ4v) is 3.75. The van der Waals surface area contributed by atoms with Gasteiger partial charge in [0.25, 0.3) is 0 Å². The molecule has 0 saturated carbocycles. The molecule has 0 saturated heterocycles. The molecule has 0 fully saturated rings. The summed E-state index contributed by atoms with van der Waals surface area (Å²) in [5, 5.41) is 1.28. The second kappa shape index (κ2) is 7.85. The van der Waals surface area contributed by atoms with E-state index in [-0.39, 0.29) is 24.0 Å². The number of nitrogens with zero attached hydrogens (tertiary/aromatic N) is 2. The van der Waals surface area contributed by atoms with Crippen LogP contribution in [0.15, 0.2) is 60.3 Å². The zero-order chi connectivity index (χ0) is 18.3. The first kappa shape index (κ1) is 19.6. The minimum atomic E-state index is 0. The molecule has 2 heterocycles. The van der Waals surface area contributed by atoms with Gasteiger partial charge in [-0.1, -0.05) is 29.8 Å². The number of fused-ring (bicyclic) bond motifs is 2. The van der Waals surface area contributed by atoms with Crippen LogP contribution in [0.2, 0.25) is 0 Å². The normalized spacial score (nSPS) is 14.4. The molecule has 0 spiro atoms. The topological polar surface area (TPSA) is 7.12 Å². The molecule has 1 aromatic heterocycles. The maximum Gasteiger partial charge on any atom is 0.212 e. The SMILES string of the molecule is CCN1C(=Cc2ccc3cc(C)ccc3[n+]2C)C=Cc2ccc(C)cc21.[I-]. The number of allylic oxidation sites excluding steroid dienone is 1. The van der Waals surface area contributed by atoms with Crippen LogP contribution in [0.1, 0.15) is 29.3 Å². The summed E-state index contributed by atoms with van der Waals surface area (Å²) in [5.41, 5.74) is 8.85. The van der Waals surface area contributed by atoms with Crippen molar-refractivity contribution in [2.75, 3.05) is 11.4 Å². The van der Waals surface area contributed by atoms with E-state index in [1.165, 1.54) is 44.7 Å². The monoisotopic (exact) mass is 468 g/mol. The smallest absolute Gasteiger partial charge is 0.212 e. The molecule has 2 nitrogen and oxygen atoms in total. The molecule has 0 radical (unpaired) electrons.